The van der Waals surface area contributed by atoms with Crippen molar-refractivity contribution in [3.8, 4) is 0 Å². The van der Waals surface area contributed by atoms with Gasteiger partial charge in [-0.05, 0) is 25.1 Å². The van der Waals surface area contributed by atoms with E-state index in [4.69, 9.17) is 10.8 Å². The van der Waals surface area contributed by atoms with E-state index in [2.05, 4.69) is 10.0 Å². The summed E-state index contributed by atoms with van der Waals surface area (Å²) in [4.78, 5) is 21.3. The van der Waals surface area contributed by atoms with Gasteiger partial charge >= 0.3 is 12.0 Å². The number of aliphatic carboxylic acids is 1. The van der Waals surface area contributed by atoms with E-state index in [1.54, 1.807) is 0 Å². The number of benzene rings is 1. The second kappa shape index (κ2) is 5.57. The monoisotopic (exact) mass is 287 g/mol. The van der Waals surface area contributed by atoms with Crippen molar-refractivity contribution in [1.82, 2.24) is 0 Å². The van der Waals surface area contributed by atoms with Crippen LogP contribution in [0.3, 0.4) is 0 Å². The van der Waals surface area contributed by atoms with Crippen LogP contribution >= 0.6 is 0 Å². The minimum Gasteiger partial charge on any atom is -0.480 e. The fourth-order valence-corrected chi connectivity index (χ4v) is 2.09. The van der Waals surface area contributed by atoms with Crippen LogP contribution in [0.4, 0.5) is 16.2 Å². The number of carbonyl (C=O) groups excluding carboxylic acids is 1. The number of rotatable bonds is 5. The minimum atomic E-state index is -4.05. The lowest BCUT2D eigenvalue weighted by Gasteiger charge is -2.12. The molecule has 0 bridgehead atoms. The zero-order valence-corrected chi connectivity index (χ0v) is 10.8. The number of carboxylic acid groups (broad SMARTS) is 1. The maximum Gasteiger partial charge on any atom is 0.323 e. The number of anilines is 2. The lowest BCUT2D eigenvalue weighted by Crippen LogP contribution is -2.32. The number of hydrogen-bond donors (Lipinski definition) is 4. The van der Waals surface area contributed by atoms with Gasteiger partial charge in [-0.1, -0.05) is 6.07 Å². The van der Waals surface area contributed by atoms with E-state index in [-0.39, 0.29) is 11.4 Å². The molecule has 1 aromatic rings. The summed E-state index contributed by atoms with van der Waals surface area (Å²) in [6, 6.07) is 4.92. The number of nitrogens with one attached hydrogen (secondary N) is 2. The SMILES string of the molecule is CC(C(=O)O)S(=O)(=O)Nc1cccc(NC(N)=O)c1. The van der Waals surface area contributed by atoms with Gasteiger partial charge in [0, 0.05) is 5.69 Å². The van der Waals surface area contributed by atoms with E-state index < -0.39 is 27.3 Å². The van der Waals surface area contributed by atoms with Crippen molar-refractivity contribution in [3.63, 3.8) is 0 Å². The largest absolute Gasteiger partial charge is 0.480 e. The molecule has 2 amide bonds. The predicted octanol–water partition coefficient (Wildman–Crippen LogP) is 0.392. The molecule has 0 aliphatic rings. The molecule has 0 aliphatic heterocycles. The maximum absolute atomic E-state index is 11.7. The van der Waals surface area contributed by atoms with E-state index >= 15 is 0 Å². The first-order chi connectivity index (χ1) is 8.72. The number of amides is 2. The molecule has 1 atom stereocenters. The Morgan fingerprint density at radius 2 is 1.89 bits per heavy atom. The Morgan fingerprint density at radius 1 is 1.32 bits per heavy atom. The summed E-state index contributed by atoms with van der Waals surface area (Å²) in [6.07, 6.45) is 0. The molecule has 0 aromatic heterocycles. The van der Waals surface area contributed by atoms with Crippen molar-refractivity contribution in [2.75, 3.05) is 10.0 Å². The molecule has 9 heteroatoms. The van der Waals surface area contributed by atoms with Crippen molar-refractivity contribution in [2.24, 2.45) is 5.73 Å². The molecule has 1 unspecified atom stereocenters. The van der Waals surface area contributed by atoms with Crippen LogP contribution in [-0.4, -0.2) is 30.8 Å². The van der Waals surface area contributed by atoms with Crippen LogP contribution in [0.25, 0.3) is 0 Å². The number of sulfonamides is 1. The smallest absolute Gasteiger partial charge is 0.323 e. The van der Waals surface area contributed by atoms with E-state index in [0.29, 0.717) is 0 Å². The molecule has 1 aromatic carbocycles. The number of hydrogen-bond acceptors (Lipinski definition) is 4. The normalized spacial score (nSPS) is 12.5. The first-order valence-corrected chi connectivity index (χ1v) is 6.68. The Labute approximate surface area is 109 Å². The highest BCUT2D eigenvalue weighted by molar-refractivity contribution is 7.94. The third-order valence-electron chi connectivity index (χ3n) is 2.20. The molecular formula is C10H13N3O5S. The van der Waals surface area contributed by atoms with Crippen molar-refractivity contribution < 1.29 is 23.1 Å². The summed E-state index contributed by atoms with van der Waals surface area (Å²) in [5.74, 6) is -1.46. The van der Waals surface area contributed by atoms with Gasteiger partial charge in [-0.2, -0.15) is 0 Å². The van der Waals surface area contributed by atoms with E-state index in [9.17, 15) is 18.0 Å². The van der Waals surface area contributed by atoms with Gasteiger partial charge in [0.1, 0.15) is 0 Å². The molecule has 0 radical (unpaired) electrons. The van der Waals surface area contributed by atoms with Gasteiger partial charge in [-0.3, -0.25) is 9.52 Å². The molecule has 8 nitrogen and oxygen atoms in total. The molecule has 19 heavy (non-hydrogen) atoms. The summed E-state index contributed by atoms with van der Waals surface area (Å²) in [5, 5.41) is 9.35. The second-order valence-electron chi connectivity index (χ2n) is 3.70. The number of carboxylic acids is 1. The number of carbonyl (C=O) groups is 2. The Hall–Kier alpha value is -2.29. The zero-order chi connectivity index (χ0) is 14.6. The summed E-state index contributed by atoms with van der Waals surface area (Å²) < 4.78 is 25.5. The number of nitrogens with two attached hydrogens (primary N) is 1. The molecule has 0 heterocycles. The van der Waals surface area contributed by atoms with Crippen molar-refractivity contribution >= 4 is 33.4 Å². The molecule has 0 spiro atoms. The second-order valence-corrected chi connectivity index (χ2v) is 5.70. The van der Waals surface area contributed by atoms with Crippen molar-refractivity contribution in [3.05, 3.63) is 24.3 Å². The lowest BCUT2D eigenvalue weighted by atomic mass is 10.3. The van der Waals surface area contributed by atoms with Gasteiger partial charge in [0.2, 0.25) is 10.0 Å². The molecule has 0 saturated carbocycles. The average Bonchev–Trinajstić information content (AvgIpc) is 2.26. The Bertz CT molecular complexity index is 599. The van der Waals surface area contributed by atoms with Gasteiger partial charge in [-0.15, -0.1) is 0 Å². The summed E-state index contributed by atoms with van der Waals surface area (Å²) in [5.41, 5.74) is 5.34. The summed E-state index contributed by atoms with van der Waals surface area (Å²) in [7, 11) is -4.05. The van der Waals surface area contributed by atoms with Crippen molar-refractivity contribution in [1.29, 1.82) is 0 Å². The highest BCUT2D eigenvalue weighted by Crippen LogP contribution is 2.17. The van der Waals surface area contributed by atoms with Gasteiger partial charge in [0.25, 0.3) is 0 Å². The molecule has 0 aliphatic carbocycles. The Morgan fingerprint density at radius 3 is 2.42 bits per heavy atom. The number of urea groups is 1. The van der Waals surface area contributed by atoms with Gasteiger partial charge in [-0.25, -0.2) is 13.2 Å². The van der Waals surface area contributed by atoms with E-state index in [0.717, 1.165) is 6.92 Å². The van der Waals surface area contributed by atoms with Crippen LogP contribution in [0.1, 0.15) is 6.92 Å². The molecule has 0 saturated heterocycles. The number of primary amides is 1. The van der Waals surface area contributed by atoms with Gasteiger partial charge in [0.15, 0.2) is 5.25 Å². The molecule has 5 N–H and O–H groups in total. The van der Waals surface area contributed by atoms with Gasteiger partial charge < -0.3 is 16.2 Å². The Balaban J connectivity index is 2.94. The van der Waals surface area contributed by atoms with Gasteiger partial charge in [0.05, 0.1) is 5.69 Å². The summed E-state index contributed by atoms with van der Waals surface area (Å²) in [6.45, 7) is 1.05. The van der Waals surface area contributed by atoms with Crippen molar-refractivity contribution in [2.45, 2.75) is 12.2 Å². The van der Waals surface area contributed by atoms with Crippen LogP contribution in [0.5, 0.6) is 0 Å². The van der Waals surface area contributed by atoms with E-state index in [1.165, 1.54) is 24.3 Å². The fraction of sp³-hybridized carbons (Fsp3) is 0.200. The highest BCUT2D eigenvalue weighted by atomic mass is 32.2. The molecule has 0 fully saturated rings. The first kappa shape index (κ1) is 14.8. The molecular weight excluding hydrogens is 274 g/mol. The average molecular weight is 287 g/mol. The third-order valence-corrected chi connectivity index (χ3v) is 3.86. The van der Waals surface area contributed by atoms with Crippen LogP contribution in [-0.2, 0) is 14.8 Å². The maximum atomic E-state index is 11.7. The van der Waals surface area contributed by atoms with Crippen LogP contribution in [0.15, 0.2) is 24.3 Å². The van der Waals surface area contributed by atoms with Crippen LogP contribution < -0.4 is 15.8 Å². The van der Waals surface area contributed by atoms with Crippen LogP contribution in [0, 0.1) is 0 Å². The minimum absolute atomic E-state index is 0.124. The standard InChI is InChI=1S/C10H13N3O5S/c1-6(9(14)15)19(17,18)13-8-4-2-3-7(5-8)12-10(11)16/h2-6,13H,1H3,(H,14,15)(H3,11,12,16). The van der Waals surface area contributed by atoms with Crippen LogP contribution in [0.2, 0.25) is 0 Å². The lowest BCUT2D eigenvalue weighted by molar-refractivity contribution is -0.136. The topological polar surface area (TPSA) is 139 Å². The summed E-state index contributed by atoms with van der Waals surface area (Å²) >= 11 is 0. The first-order valence-electron chi connectivity index (χ1n) is 5.13. The fourth-order valence-electron chi connectivity index (χ4n) is 1.19. The quantitative estimate of drug-likeness (QED) is 0.620. The molecule has 104 valence electrons. The predicted molar refractivity (Wildman–Crippen MR) is 69.3 cm³/mol. The zero-order valence-electron chi connectivity index (χ0n) is 9.95. The Kier molecular flexibility index (Phi) is 4.33. The highest BCUT2D eigenvalue weighted by Gasteiger charge is 2.27. The third kappa shape index (κ3) is 4.14. The molecule has 1 rings (SSSR count). The van der Waals surface area contributed by atoms with E-state index in [1.807, 2.05) is 0 Å².